The Labute approximate surface area is 231 Å². The number of alkyl halides is 3. The van der Waals surface area contributed by atoms with E-state index in [4.69, 9.17) is 15.2 Å². The molecule has 1 saturated carbocycles. The van der Waals surface area contributed by atoms with Crippen molar-refractivity contribution in [3.8, 4) is 6.07 Å². The van der Waals surface area contributed by atoms with Crippen LogP contribution in [0.25, 0.3) is 0 Å². The van der Waals surface area contributed by atoms with Crippen LogP contribution in [0.1, 0.15) is 54.4 Å². The van der Waals surface area contributed by atoms with Gasteiger partial charge in [0.15, 0.2) is 0 Å². The zero-order chi connectivity index (χ0) is 29.3. The quantitative estimate of drug-likeness (QED) is 0.442. The topological polar surface area (TPSA) is 140 Å². The van der Waals surface area contributed by atoms with Crippen LogP contribution < -0.4 is 10.0 Å². The van der Waals surface area contributed by atoms with Crippen molar-refractivity contribution in [2.24, 2.45) is 5.92 Å². The Bertz CT molecular complexity index is 1340. The highest BCUT2D eigenvalue weighted by molar-refractivity contribution is 7.89. The molecule has 216 valence electrons. The molecule has 2 aliphatic rings. The Morgan fingerprint density at radius 1 is 1.05 bits per heavy atom. The molecular formula is C27H31F3N4O5S. The lowest BCUT2D eigenvalue weighted by atomic mass is 9.89. The standard InChI is InChI=1S/C25H30N4O3S.C2HF3O2/c26-16-20-8-4-10-22(14-20)27-25(30)21-9-5-11-24(15-21)33(31,32)28-23-12-13-29(18-23)17-19-6-2-1-3-7-19;3-2(4,5)1(6)7/h4-5,8-11,14-15,19,23,28H,1-3,6-7,12-13,17-18H2,(H,27,30);(H,6,7). The molecule has 1 atom stereocenters. The molecule has 1 aliphatic heterocycles. The first-order valence-corrected chi connectivity index (χ1v) is 14.3. The first-order valence-electron chi connectivity index (χ1n) is 12.8. The van der Waals surface area contributed by atoms with Gasteiger partial charge in [-0.25, -0.2) is 17.9 Å². The summed E-state index contributed by atoms with van der Waals surface area (Å²) in [5, 5.41) is 18.9. The number of hydrogen-bond donors (Lipinski definition) is 3. The minimum Gasteiger partial charge on any atom is -0.475 e. The highest BCUT2D eigenvalue weighted by atomic mass is 32.2. The number of halogens is 3. The van der Waals surface area contributed by atoms with Crippen LogP contribution in [0, 0.1) is 17.2 Å². The molecule has 2 aromatic rings. The summed E-state index contributed by atoms with van der Waals surface area (Å²) in [6.45, 7) is 2.69. The van der Waals surface area contributed by atoms with Crippen molar-refractivity contribution >= 4 is 27.6 Å². The molecule has 40 heavy (non-hydrogen) atoms. The van der Waals surface area contributed by atoms with Crippen LogP contribution in [0.5, 0.6) is 0 Å². The Morgan fingerprint density at radius 3 is 2.38 bits per heavy atom. The summed E-state index contributed by atoms with van der Waals surface area (Å²) in [6.07, 6.45) is 2.22. The number of anilines is 1. The van der Waals surface area contributed by atoms with E-state index < -0.39 is 28.1 Å². The van der Waals surface area contributed by atoms with Gasteiger partial charge in [0.1, 0.15) is 0 Å². The van der Waals surface area contributed by atoms with Crippen LogP contribution in [0.15, 0.2) is 53.4 Å². The monoisotopic (exact) mass is 580 g/mol. The highest BCUT2D eigenvalue weighted by Crippen LogP contribution is 2.26. The molecule has 2 aromatic carbocycles. The van der Waals surface area contributed by atoms with Crippen molar-refractivity contribution in [1.29, 1.82) is 5.26 Å². The third kappa shape index (κ3) is 9.32. The second-order valence-corrected chi connectivity index (χ2v) is 11.6. The first-order chi connectivity index (χ1) is 18.9. The van der Waals surface area contributed by atoms with Crippen molar-refractivity contribution < 1.29 is 36.3 Å². The van der Waals surface area contributed by atoms with E-state index in [1.807, 2.05) is 6.07 Å². The SMILES string of the molecule is N#Cc1cccc(NC(=O)c2cccc(S(=O)(=O)NC3CCN(CC4CCCCC4)C3)c2)c1.O=C(O)C(F)(F)F. The lowest BCUT2D eigenvalue weighted by Crippen LogP contribution is -2.38. The number of amides is 1. The molecule has 1 saturated heterocycles. The fourth-order valence-electron chi connectivity index (χ4n) is 4.79. The number of aliphatic carboxylic acids is 1. The van der Waals surface area contributed by atoms with E-state index in [0.717, 1.165) is 32.0 Å². The number of benzene rings is 2. The van der Waals surface area contributed by atoms with Gasteiger partial charge in [0, 0.05) is 30.4 Å². The Hall–Kier alpha value is -3.47. The average molecular weight is 581 g/mol. The van der Waals surface area contributed by atoms with Crippen molar-refractivity contribution in [1.82, 2.24) is 9.62 Å². The smallest absolute Gasteiger partial charge is 0.475 e. The molecule has 0 radical (unpaired) electrons. The van der Waals surface area contributed by atoms with Gasteiger partial charge in [-0.1, -0.05) is 31.4 Å². The zero-order valence-electron chi connectivity index (χ0n) is 21.7. The third-order valence-electron chi connectivity index (χ3n) is 6.73. The highest BCUT2D eigenvalue weighted by Gasteiger charge is 2.38. The Balaban J connectivity index is 0.000000559. The van der Waals surface area contributed by atoms with Gasteiger partial charge in [0.25, 0.3) is 5.91 Å². The summed E-state index contributed by atoms with van der Waals surface area (Å²) < 4.78 is 60.6. The third-order valence-corrected chi connectivity index (χ3v) is 8.25. The number of carbonyl (C=O) groups is 2. The van der Waals surface area contributed by atoms with Gasteiger partial charge in [-0.15, -0.1) is 0 Å². The molecule has 9 nitrogen and oxygen atoms in total. The van der Waals surface area contributed by atoms with Crippen molar-refractivity contribution in [3.63, 3.8) is 0 Å². The molecule has 1 aliphatic carbocycles. The number of nitrogens with zero attached hydrogens (tertiary/aromatic N) is 2. The number of nitriles is 1. The van der Waals surface area contributed by atoms with Crippen LogP contribution in [0.2, 0.25) is 0 Å². The number of hydrogen-bond acceptors (Lipinski definition) is 6. The van der Waals surface area contributed by atoms with Crippen LogP contribution in [0.4, 0.5) is 18.9 Å². The van der Waals surface area contributed by atoms with Gasteiger partial charge in [0.2, 0.25) is 10.0 Å². The van der Waals surface area contributed by atoms with Gasteiger partial charge in [-0.3, -0.25) is 4.79 Å². The largest absolute Gasteiger partial charge is 0.490 e. The van der Waals surface area contributed by atoms with E-state index in [1.54, 1.807) is 36.4 Å². The zero-order valence-corrected chi connectivity index (χ0v) is 22.5. The van der Waals surface area contributed by atoms with Gasteiger partial charge < -0.3 is 15.3 Å². The molecule has 13 heteroatoms. The number of carboxylic acids is 1. The second-order valence-electron chi connectivity index (χ2n) is 9.85. The number of rotatable bonds is 7. The summed E-state index contributed by atoms with van der Waals surface area (Å²) in [5.74, 6) is -2.45. The first kappa shape index (κ1) is 31.1. The summed E-state index contributed by atoms with van der Waals surface area (Å²) in [4.78, 5) is 24.0. The van der Waals surface area contributed by atoms with Crippen molar-refractivity contribution in [2.45, 2.75) is 55.6 Å². The van der Waals surface area contributed by atoms with Crippen LogP contribution in [-0.4, -0.2) is 62.2 Å². The number of carbonyl (C=O) groups excluding carboxylic acids is 1. The molecular weight excluding hydrogens is 549 g/mol. The maximum Gasteiger partial charge on any atom is 0.490 e. The predicted octanol–water partition coefficient (Wildman–Crippen LogP) is 4.38. The summed E-state index contributed by atoms with van der Waals surface area (Å²) in [7, 11) is -3.74. The molecule has 0 spiro atoms. The maximum absolute atomic E-state index is 13.0. The Kier molecular flexibility index (Phi) is 10.7. The fraction of sp³-hybridized carbons (Fsp3) is 0.444. The van der Waals surface area contributed by atoms with E-state index in [2.05, 4.69) is 14.9 Å². The van der Waals surface area contributed by atoms with Gasteiger partial charge >= 0.3 is 12.1 Å². The average Bonchev–Trinajstić information content (AvgIpc) is 3.35. The van der Waals surface area contributed by atoms with E-state index in [1.165, 1.54) is 44.2 Å². The molecule has 2 fully saturated rings. The molecule has 4 rings (SSSR count). The van der Waals surface area contributed by atoms with Gasteiger partial charge in [-0.05, 0) is 68.1 Å². The van der Waals surface area contributed by atoms with Crippen LogP contribution >= 0.6 is 0 Å². The van der Waals surface area contributed by atoms with Gasteiger partial charge in [-0.2, -0.15) is 18.4 Å². The minimum absolute atomic E-state index is 0.0756. The lowest BCUT2D eigenvalue weighted by molar-refractivity contribution is -0.192. The second kappa shape index (κ2) is 13.7. The van der Waals surface area contributed by atoms with E-state index in [-0.39, 0.29) is 16.5 Å². The number of sulfonamides is 1. The van der Waals surface area contributed by atoms with E-state index in [9.17, 15) is 26.4 Å². The number of carboxylic acid groups (broad SMARTS) is 1. The van der Waals surface area contributed by atoms with Crippen molar-refractivity contribution in [3.05, 3.63) is 59.7 Å². The van der Waals surface area contributed by atoms with E-state index in [0.29, 0.717) is 11.3 Å². The summed E-state index contributed by atoms with van der Waals surface area (Å²) >= 11 is 0. The van der Waals surface area contributed by atoms with E-state index >= 15 is 0 Å². The molecule has 3 N–H and O–H groups in total. The molecule has 1 amide bonds. The number of likely N-dealkylation sites (tertiary alicyclic amines) is 1. The predicted molar refractivity (Wildman–Crippen MR) is 141 cm³/mol. The molecule has 1 unspecified atom stereocenters. The number of nitrogens with one attached hydrogen (secondary N) is 2. The Morgan fingerprint density at radius 2 is 1.73 bits per heavy atom. The summed E-state index contributed by atoms with van der Waals surface area (Å²) in [6, 6.07) is 14.5. The van der Waals surface area contributed by atoms with Crippen molar-refractivity contribution in [2.75, 3.05) is 25.0 Å². The van der Waals surface area contributed by atoms with Crippen LogP contribution in [0.3, 0.4) is 0 Å². The molecule has 1 heterocycles. The van der Waals surface area contributed by atoms with Crippen LogP contribution in [-0.2, 0) is 14.8 Å². The minimum atomic E-state index is -5.08. The lowest BCUT2D eigenvalue weighted by Gasteiger charge is -2.26. The summed E-state index contributed by atoms with van der Waals surface area (Å²) in [5.41, 5.74) is 1.16. The molecule has 0 bridgehead atoms. The fourth-order valence-corrected chi connectivity index (χ4v) is 6.10. The maximum atomic E-state index is 13.0. The molecule has 0 aromatic heterocycles. The normalized spacial score (nSPS) is 18.3. The van der Waals surface area contributed by atoms with Gasteiger partial charge in [0.05, 0.1) is 16.5 Å².